The van der Waals surface area contributed by atoms with Gasteiger partial charge in [-0.2, -0.15) is 0 Å². The molecule has 0 saturated heterocycles. The second-order valence-electron chi connectivity index (χ2n) is 4.93. The minimum absolute atomic E-state index is 0.0677. The highest BCUT2D eigenvalue weighted by atomic mass is 32.2. The number of benzene rings is 2. The predicted octanol–water partition coefficient (Wildman–Crippen LogP) is 2.82. The summed E-state index contributed by atoms with van der Waals surface area (Å²) in [4.78, 5) is 4.82. The maximum Gasteiger partial charge on any atom is 0.180 e. The summed E-state index contributed by atoms with van der Waals surface area (Å²) >= 11 is 0. The van der Waals surface area contributed by atoms with Crippen LogP contribution in [0, 0.1) is 6.92 Å². The van der Waals surface area contributed by atoms with Crippen LogP contribution >= 0.6 is 0 Å². The van der Waals surface area contributed by atoms with Gasteiger partial charge in [-0.15, -0.1) is 0 Å². The standard InChI is InChI=1S/C16H16N2O2S/c1-13-17-15-9-5-6-10-16(15)18(13)11-12-21(19,20)14-7-3-2-4-8-14/h2-10H,11-12H2,1H3. The Balaban J connectivity index is 1.89. The van der Waals surface area contributed by atoms with Crippen LogP contribution in [-0.4, -0.2) is 23.7 Å². The van der Waals surface area contributed by atoms with Crippen LogP contribution < -0.4 is 0 Å². The molecule has 3 rings (SSSR count). The van der Waals surface area contributed by atoms with Crippen molar-refractivity contribution in [2.75, 3.05) is 5.75 Å². The molecule has 0 radical (unpaired) electrons. The fourth-order valence-corrected chi connectivity index (χ4v) is 3.67. The lowest BCUT2D eigenvalue weighted by molar-refractivity contribution is 0.589. The molecule has 0 fully saturated rings. The maximum absolute atomic E-state index is 12.3. The van der Waals surface area contributed by atoms with Gasteiger partial charge in [-0.25, -0.2) is 13.4 Å². The highest BCUT2D eigenvalue weighted by Crippen LogP contribution is 2.17. The van der Waals surface area contributed by atoms with Gasteiger partial charge in [0.1, 0.15) is 5.82 Å². The van der Waals surface area contributed by atoms with Crippen molar-refractivity contribution in [1.82, 2.24) is 9.55 Å². The lowest BCUT2D eigenvalue weighted by Crippen LogP contribution is -2.14. The number of hydrogen-bond donors (Lipinski definition) is 0. The van der Waals surface area contributed by atoms with Crippen LogP contribution in [0.3, 0.4) is 0 Å². The van der Waals surface area contributed by atoms with Crippen molar-refractivity contribution >= 4 is 20.9 Å². The molecular formula is C16H16N2O2S. The molecule has 5 heteroatoms. The van der Waals surface area contributed by atoms with Crippen LogP contribution in [0.1, 0.15) is 5.82 Å². The molecule has 0 spiro atoms. The average Bonchev–Trinajstić information content (AvgIpc) is 2.81. The van der Waals surface area contributed by atoms with Crippen molar-refractivity contribution in [2.45, 2.75) is 18.4 Å². The molecule has 0 saturated carbocycles. The normalized spacial score (nSPS) is 11.9. The molecule has 1 heterocycles. The van der Waals surface area contributed by atoms with Gasteiger partial charge in [0.15, 0.2) is 9.84 Å². The minimum atomic E-state index is -3.27. The van der Waals surface area contributed by atoms with Crippen LogP contribution in [0.15, 0.2) is 59.5 Å². The summed E-state index contributed by atoms with van der Waals surface area (Å²) in [6.07, 6.45) is 0. The summed E-state index contributed by atoms with van der Waals surface area (Å²) < 4.78 is 26.6. The Kier molecular flexibility index (Phi) is 3.51. The van der Waals surface area contributed by atoms with E-state index < -0.39 is 9.84 Å². The van der Waals surface area contributed by atoms with Crippen LogP contribution in [0.4, 0.5) is 0 Å². The second-order valence-corrected chi connectivity index (χ2v) is 7.04. The lowest BCUT2D eigenvalue weighted by Gasteiger charge is -2.08. The molecule has 0 aliphatic rings. The van der Waals surface area contributed by atoms with Crippen LogP contribution in [-0.2, 0) is 16.4 Å². The minimum Gasteiger partial charge on any atom is -0.327 e. The first kappa shape index (κ1) is 13.8. The summed E-state index contributed by atoms with van der Waals surface area (Å²) in [5.41, 5.74) is 1.87. The molecule has 0 amide bonds. The zero-order valence-electron chi connectivity index (χ0n) is 11.7. The quantitative estimate of drug-likeness (QED) is 0.744. The number of aromatic nitrogens is 2. The lowest BCUT2D eigenvalue weighted by atomic mass is 10.3. The van der Waals surface area contributed by atoms with Crippen molar-refractivity contribution in [3.63, 3.8) is 0 Å². The van der Waals surface area contributed by atoms with E-state index in [9.17, 15) is 8.42 Å². The van der Waals surface area contributed by atoms with E-state index in [0.717, 1.165) is 16.9 Å². The van der Waals surface area contributed by atoms with E-state index in [1.807, 2.05) is 41.8 Å². The van der Waals surface area contributed by atoms with Gasteiger partial charge in [0.25, 0.3) is 0 Å². The number of aryl methyl sites for hydroxylation is 2. The summed E-state index contributed by atoms with van der Waals surface area (Å²) in [5, 5.41) is 0. The Bertz CT molecular complexity index is 868. The third-order valence-electron chi connectivity index (χ3n) is 3.53. The van der Waals surface area contributed by atoms with Gasteiger partial charge in [-0.1, -0.05) is 30.3 Å². The van der Waals surface area contributed by atoms with Crippen molar-refractivity contribution in [2.24, 2.45) is 0 Å². The number of imidazole rings is 1. The Hall–Kier alpha value is -2.14. The second kappa shape index (κ2) is 5.33. The number of hydrogen-bond acceptors (Lipinski definition) is 3. The molecule has 3 aromatic rings. The van der Waals surface area contributed by atoms with E-state index in [2.05, 4.69) is 4.98 Å². The van der Waals surface area contributed by atoms with Gasteiger partial charge in [0.05, 0.1) is 21.7 Å². The number of nitrogens with zero attached hydrogens (tertiary/aromatic N) is 2. The molecule has 0 aliphatic carbocycles. The smallest absolute Gasteiger partial charge is 0.180 e. The third kappa shape index (κ3) is 2.69. The predicted molar refractivity (Wildman–Crippen MR) is 83.0 cm³/mol. The molecule has 2 aromatic carbocycles. The van der Waals surface area contributed by atoms with E-state index in [0.29, 0.717) is 11.4 Å². The van der Waals surface area contributed by atoms with Crippen molar-refractivity contribution < 1.29 is 8.42 Å². The largest absolute Gasteiger partial charge is 0.327 e. The van der Waals surface area contributed by atoms with E-state index in [-0.39, 0.29) is 5.75 Å². The van der Waals surface area contributed by atoms with E-state index in [4.69, 9.17) is 0 Å². The molecule has 108 valence electrons. The Labute approximate surface area is 124 Å². The zero-order chi connectivity index (χ0) is 14.9. The molecule has 1 aromatic heterocycles. The average molecular weight is 300 g/mol. The maximum atomic E-state index is 12.3. The van der Waals surface area contributed by atoms with Gasteiger partial charge < -0.3 is 4.57 Å². The van der Waals surface area contributed by atoms with E-state index in [1.54, 1.807) is 24.3 Å². The van der Waals surface area contributed by atoms with Gasteiger partial charge in [-0.05, 0) is 31.2 Å². The van der Waals surface area contributed by atoms with Crippen molar-refractivity contribution in [3.8, 4) is 0 Å². The number of rotatable bonds is 4. The van der Waals surface area contributed by atoms with Crippen molar-refractivity contribution in [3.05, 3.63) is 60.4 Å². The number of fused-ring (bicyclic) bond motifs is 1. The first-order chi connectivity index (χ1) is 10.1. The highest BCUT2D eigenvalue weighted by molar-refractivity contribution is 7.91. The van der Waals surface area contributed by atoms with Crippen LogP contribution in [0.5, 0.6) is 0 Å². The summed E-state index contributed by atoms with van der Waals surface area (Å²) in [6, 6.07) is 16.3. The first-order valence-electron chi connectivity index (χ1n) is 6.77. The van der Waals surface area contributed by atoms with Gasteiger partial charge in [-0.3, -0.25) is 0 Å². The SMILES string of the molecule is Cc1nc2ccccc2n1CCS(=O)(=O)c1ccccc1. The van der Waals surface area contributed by atoms with E-state index >= 15 is 0 Å². The van der Waals surface area contributed by atoms with Gasteiger partial charge in [0.2, 0.25) is 0 Å². The molecule has 0 atom stereocenters. The third-order valence-corrected chi connectivity index (χ3v) is 5.24. The molecular weight excluding hydrogens is 284 g/mol. The molecule has 21 heavy (non-hydrogen) atoms. The monoisotopic (exact) mass is 300 g/mol. The zero-order valence-corrected chi connectivity index (χ0v) is 12.5. The molecule has 0 N–H and O–H groups in total. The summed E-state index contributed by atoms with van der Waals surface area (Å²) in [6.45, 7) is 2.30. The number of sulfone groups is 1. The Morgan fingerprint density at radius 1 is 1.00 bits per heavy atom. The summed E-state index contributed by atoms with van der Waals surface area (Å²) in [7, 11) is -3.27. The van der Waals surface area contributed by atoms with E-state index in [1.165, 1.54) is 0 Å². The van der Waals surface area contributed by atoms with Crippen LogP contribution in [0.2, 0.25) is 0 Å². The highest BCUT2D eigenvalue weighted by Gasteiger charge is 2.15. The fraction of sp³-hybridized carbons (Fsp3) is 0.188. The number of para-hydroxylation sites is 2. The molecule has 0 unspecified atom stereocenters. The van der Waals surface area contributed by atoms with Gasteiger partial charge in [0, 0.05) is 6.54 Å². The van der Waals surface area contributed by atoms with Gasteiger partial charge >= 0.3 is 0 Å². The molecule has 0 bridgehead atoms. The fourth-order valence-electron chi connectivity index (χ4n) is 2.44. The van der Waals surface area contributed by atoms with Crippen LogP contribution in [0.25, 0.3) is 11.0 Å². The molecule has 4 nitrogen and oxygen atoms in total. The Morgan fingerprint density at radius 3 is 2.43 bits per heavy atom. The first-order valence-corrected chi connectivity index (χ1v) is 8.43. The Morgan fingerprint density at radius 2 is 1.67 bits per heavy atom. The summed E-state index contributed by atoms with van der Waals surface area (Å²) in [5.74, 6) is 0.901. The topological polar surface area (TPSA) is 52.0 Å². The molecule has 0 aliphatic heterocycles. The van der Waals surface area contributed by atoms with Crippen molar-refractivity contribution in [1.29, 1.82) is 0 Å².